The molecule has 0 spiro atoms. The van der Waals surface area contributed by atoms with Crippen LogP contribution in [0.5, 0.6) is 5.75 Å². The van der Waals surface area contributed by atoms with Gasteiger partial charge in [-0.2, -0.15) is 17.0 Å². The van der Waals surface area contributed by atoms with Gasteiger partial charge in [0, 0.05) is 56.3 Å². The van der Waals surface area contributed by atoms with E-state index < -0.39 is 10.2 Å². The Morgan fingerprint density at radius 1 is 1.10 bits per heavy atom. The number of hydrogen-bond acceptors (Lipinski definition) is 6. The van der Waals surface area contributed by atoms with Gasteiger partial charge in [0.25, 0.3) is 10.2 Å². The van der Waals surface area contributed by atoms with Crippen LogP contribution in [0.1, 0.15) is 31.9 Å². The monoisotopic (exact) mass is 450 g/mol. The number of nitrogens with zero attached hydrogens (tertiary/aromatic N) is 4. The zero-order chi connectivity index (χ0) is 21.1. The Labute approximate surface area is 183 Å². The molecule has 4 rings (SSSR count). The maximum atomic E-state index is 13.0. The Kier molecular flexibility index (Phi) is 6.74. The van der Waals surface area contributed by atoms with Crippen molar-refractivity contribution in [2.75, 3.05) is 39.8 Å². The first-order valence-electron chi connectivity index (χ1n) is 10.6. The molecule has 30 heavy (non-hydrogen) atoms. The van der Waals surface area contributed by atoms with Crippen LogP contribution in [0.25, 0.3) is 10.6 Å². The highest BCUT2D eigenvalue weighted by atomic mass is 32.2. The molecule has 0 radical (unpaired) electrons. The first-order valence-corrected chi connectivity index (χ1v) is 12.8. The summed E-state index contributed by atoms with van der Waals surface area (Å²) in [5.74, 6) is 0.835. The first kappa shape index (κ1) is 21.7. The lowest BCUT2D eigenvalue weighted by atomic mass is 10.1. The Morgan fingerprint density at radius 3 is 2.50 bits per heavy atom. The lowest BCUT2D eigenvalue weighted by Gasteiger charge is -2.39. The maximum Gasteiger partial charge on any atom is 0.282 e. The van der Waals surface area contributed by atoms with Crippen molar-refractivity contribution in [3.8, 4) is 16.3 Å². The molecule has 1 atom stereocenters. The highest BCUT2D eigenvalue weighted by Gasteiger charge is 2.36. The number of ether oxygens (including phenoxy) is 1. The second kappa shape index (κ2) is 9.32. The van der Waals surface area contributed by atoms with E-state index in [1.54, 1.807) is 27.1 Å². The summed E-state index contributed by atoms with van der Waals surface area (Å²) in [6.07, 6.45) is 3.04. The van der Waals surface area contributed by atoms with Crippen LogP contribution in [0, 0.1) is 0 Å². The van der Waals surface area contributed by atoms with Crippen molar-refractivity contribution in [2.45, 2.75) is 38.8 Å². The van der Waals surface area contributed by atoms with Crippen molar-refractivity contribution in [3.05, 3.63) is 35.3 Å². The Morgan fingerprint density at radius 2 is 1.83 bits per heavy atom. The van der Waals surface area contributed by atoms with Gasteiger partial charge in [-0.05, 0) is 44.0 Å². The summed E-state index contributed by atoms with van der Waals surface area (Å²) >= 11 is 1.64. The summed E-state index contributed by atoms with van der Waals surface area (Å²) in [6, 6.07) is 8.03. The predicted molar refractivity (Wildman–Crippen MR) is 120 cm³/mol. The van der Waals surface area contributed by atoms with E-state index in [-0.39, 0.29) is 6.04 Å². The predicted octanol–water partition coefficient (Wildman–Crippen LogP) is 3.06. The third kappa shape index (κ3) is 4.70. The fraction of sp³-hybridized carbons (Fsp3) is 0.571. The fourth-order valence-corrected chi connectivity index (χ4v) is 6.81. The molecule has 1 aromatic carbocycles. The van der Waals surface area contributed by atoms with Crippen molar-refractivity contribution >= 4 is 21.5 Å². The van der Waals surface area contributed by atoms with Crippen LogP contribution in [0.3, 0.4) is 0 Å². The molecule has 2 saturated heterocycles. The molecule has 0 aliphatic carbocycles. The molecule has 2 aliphatic rings. The standard InChI is InChI=1S/C21H30N4O3S2/c1-17-5-3-4-10-25(17)30(26,27)24-13-11-23(12-14-24)15-19-16-29-21(22-19)18-6-8-20(28-2)9-7-18/h6-9,16-17H,3-5,10-15H2,1-2H3. The van der Waals surface area contributed by atoms with Crippen LogP contribution >= 0.6 is 11.3 Å². The number of piperidine rings is 1. The van der Waals surface area contributed by atoms with Crippen molar-refractivity contribution < 1.29 is 13.2 Å². The van der Waals surface area contributed by atoms with Crippen LogP contribution in [-0.4, -0.2) is 72.8 Å². The van der Waals surface area contributed by atoms with Crippen LogP contribution < -0.4 is 4.74 Å². The summed E-state index contributed by atoms with van der Waals surface area (Å²) in [4.78, 5) is 7.07. The highest BCUT2D eigenvalue weighted by molar-refractivity contribution is 7.86. The number of thiazole rings is 1. The van der Waals surface area contributed by atoms with Crippen LogP contribution in [0.4, 0.5) is 0 Å². The summed E-state index contributed by atoms with van der Waals surface area (Å²) in [6.45, 7) is 5.97. The first-order chi connectivity index (χ1) is 14.5. The van der Waals surface area contributed by atoms with E-state index in [0.717, 1.165) is 60.9 Å². The molecule has 7 nitrogen and oxygen atoms in total. The van der Waals surface area contributed by atoms with Crippen molar-refractivity contribution in [3.63, 3.8) is 0 Å². The van der Waals surface area contributed by atoms with Crippen LogP contribution in [-0.2, 0) is 16.8 Å². The molecule has 0 saturated carbocycles. The molecule has 2 fully saturated rings. The van der Waals surface area contributed by atoms with Gasteiger partial charge in [0.1, 0.15) is 10.8 Å². The largest absolute Gasteiger partial charge is 0.497 e. The van der Waals surface area contributed by atoms with E-state index in [4.69, 9.17) is 9.72 Å². The molecule has 2 aromatic rings. The smallest absolute Gasteiger partial charge is 0.282 e. The molecule has 2 aliphatic heterocycles. The van der Waals surface area contributed by atoms with Gasteiger partial charge in [-0.25, -0.2) is 4.98 Å². The van der Waals surface area contributed by atoms with Gasteiger partial charge in [0.2, 0.25) is 0 Å². The summed E-state index contributed by atoms with van der Waals surface area (Å²) in [5.41, 5.74) is 2.12. The van der Waals surface area contributed by atoms with Gasteiger partial charge >= 0.3 is 0 Å². The normalized spacial score (nSPS) is 22.3. The van der Waals surface area contributed by atoms with E-state index >= 15 is 0 Å². The Hall–Kier alpha value is -1.52. The van der Waals surface area contributed by atoms with Crippen molar-refractivity contribution in [2.24, 2.45) is 0 Å². The zero-order valence-corrected chi connectivity index (χ0v) is 19.3. The van der Waals surface area contributed by atoms with Crippen LogP contribution in [0.2, 0.25) is 0 Å². The van der Waals surface area contributed by atoms with Gasteiger partial charge in [-0.1, -0.05) is 6.42 Å². The Balaban J connectivity index is 1.33. The van der Waals surface area contributed by atoms with Gasteiger partial charge < -0.3 is 4.74 Å². The maximum absolute atomic E-state index is 13.0. The topological polar surface area (TPSA) is 66.0 Å². The quantitative estimate of drug-likeness (QED) is 0.677. The van der Waals surface area contributed by atoms with E-state index in [2.05, 4.69) is 10.3 Å². The fourth-order valence-electron chi connectivity index (χ4n) is 4.16. The minimum absolute atomic E-state index is 0.105. The second-order valence-electron chi connectivity index (χ2n) is 8.01. The van der Waals surface area contributed by atoms with E-state index in [1.807, 2.05) is 31.2 Å². The minimum Gasteiger partial charge on any atom is -0.497 e. The lowest BCUT2D eigenvalue weighted by molar-refractivity contribution is 0.165. The average molecular weight is 451 g/mol. The third-order valence-corrected chi connectivity index (χ3v) is 9.06. The van der Waals surface area contributed by atoms with Gasteiger partial charge in [-0.15, -0.1) is 11.3 Å². The zero-order valence-electron chi connectivity index (χ0n) is 17.7. The summed E-state index contributed by atoms with van der Waals surface area (Å²) < 4.78 is 34.6. The molecule has 3 heterocycles. The molecule has 1 aromatic heterocycles. The Bertz CT molecular complexity index is 937. The average Bonchev–Trinajstić information content (AvgIpc) is 3.23. The van der Waals surface area contributed by atoms with Gasteiger partial charge in [-0.3, -0.25) is 4.90 Å². The van der Waals surface area contributed by atoms with E-state index in [1.165, 1.54) is 0 Å². The highest BCUT2D eigenvalue weighted by Crippen LogP contribution is 2.27. The number of aromatic nitrogens is 1. The number of benzene rings is 1. The molecule has 0 N–H and O–H groups in total. The lowest BCUT2D eigenvalue weighted by Crippen LogP contribution is -2.55. The van der Waals surface area contributed by atoms with E-state index in [0.29, 0.717) is 19.6 Å². The number of methoxy groups -OCH3 is 1. The molecule has 0 amide bonds. The molecule has 1 unspecified atom stereocenters. The summed E-state index contributed by atoms with van der Waals surface area (Å²) in [5, 5.41) is 3.09. The molecule has 0 bridgehead atoms. The second-order valence-corrected chi connectivity index (χ2v) is 10.8. The van der Waals surface area contributed by atoms with Crippen LogP contribution in [0.15, 0.2) is 29.6 Å². The molecule has 164 valence electrons. The van der Waals surface area contributed by atoms with E-state index in [9.17, 15) is 8.42 Å². The van der Waals surface area contributed by atoms with Gasteiger partial charge in [0.05, 0.1) is 12.8 Å². The van der Waals surface area contributed by atoms with Crippen molar-refractivity contribution in [1.29, 1.82) is 0 Å². The summed E-state index contributed by atoms with van der Waals surface area (Å²) in [7, 11) is -1.69. The minimum atomic E-state index is -3.35. The SMILES string of the molecule is COc1ccc(-c2nc(CN3CCN(S(=O)(=O)N4CCCCC4C)CC3)cs2)cc1. The number of piperazine rings is 1. The van der Waals surface area contributed by atoms with Crippen molar-refractivity contribution in [1.82, 2.24) is 18.5 Å². The molecular weight excluding hydrogens is 420 g/mol. The molecule has 9 heteroatoms. The number of hydrogen-bond donors (Lipinski definition) is 0. The van der Waals surface area contributed by atoms with Gasteiger partial charge in [0.15, 0.2) is 0 Å². The third-order valence-electron chi connectivity index (χ3n) is 5.97. The number of rotatable bonds is 6. The molecular formula is C21H30N4O3S2.